The van der Waals surface area contributed by atoms with E-state index in [-0.39, 0.29) is 4.90 Å². The molecule has 2 aromatic rings. The van der Waals surface area contributed by atoms with Gasteiger partial charge in [-0.15, -0.1) is 11.3 Å². The van der Waals surface area contributed by atoms with Gasteiger partial charge in [0.25, 0.3) is 0 Å². The summed E-state index contributed by atoms with van der Waals surface area (Å²) >= 11 is 1.52. The van der Waals surface area contributed by atoms with Gasteiger partial charge in [-0.3, -0.25) is 0 Å². The molecule has 0 aliphatic rings. The monoisotopic (exact) mass is 312 g/mol. The highest BCUT2D eigenvalue weighted by Gasteiger charge is 2.22. The van der Waals surface area contributed by atoms with Gasteiger partial charge >= 0.3 is 0 Å². The standard InChI is InChI=1S/C13H16N2O3S2/c1-15(9-10-4-3-7-19-10)20(16,17)11-5-6-12(14)13(8-11)18-2/h3-8H,9,14H2,1-2H3. The molecule has 108 valence electrons. The smallest absolute Gasteiger partial charge is 0.243 e. The molecule has 2 N–H and O–H groups in total. The summed E-state index contributed by atoms with van der Waals surface area (Å²) in [6.07, 6.45) is 0. The van der Waals surface area contributed by atoms with Crippen molar-refractivity contribution in [2.45, 2.75) is 11.4 Å². The van der Waals surface area contributed by atoms with E-state index in [1.54, 1.807) is 7.05 Å². The van der Waals surface area contributed by atoms with Crippen LogP contribution in [0.4, 0.5) is 5.69 Å². The maximum Gasteiger partial charge on any atom is 0.243 e. The number of benzene rings is 1. The van der Waals surface area contributed by atoms with E-state index in [0.29, 0.717) is 18.0 Å². The second-order valence-corrected chi connectivity index (χ2v) is 7.32. The van der Waals surface area contributed by atoms with Gasteiger partial charge in [0.15, 0.2) is 0 Å². The van der Waals surface area contributed by atoms with Gasteiger partial charge in [-0.1, -0.05) is 6.07 Å². The summed E-state index contributed by atoms with van der Waals surface area (Å²) in [5.41, 5.74) is 6.11. The third-order valence-electron chi connectivity index (χ3n) is 2.87. The molecule has 0 aliphatic heterocycles. The molecule has 1 aromatic carbocycles. The van der Waals surface area contributed by atoms with E-state index in [1.807, 2.05) is 17.5 Å². The number of ether oxygens (including phenoxy) is 1. The van der Waals surface area contributed by atoms with Crippen LogP contribution in [0, 0.1) is 0 Å². The number of nitrogens with zero attached hydrogens (tertiary/aromatic N) is 1. The van der Waals surface area contributed by atoms with Crippen molar-refractivity contribution in [2.24, 2.45) is 0 Å². The van der Waals surface area contributed by atoms with Crippen molar-refractivity contribution in [1.29, 1.82) is 0 Å². The first-order valence-electron chi connectivity index (χ1n) is 5.87. The van der Waals surface area contributed by atoms with Crippen LogP contribution in [-0.4, -0.2) is 26.9 Å². The van der Waals surface area contributed by atoms with E-state index >= 15 is 0 Å². The fourth-order valence-electron chi connectivity index (χ4n) is 1.74. The summed E-state index contributed by atoms with van der Waals surface area (Å²) in [7, 11) is -0.551. The molecule has 0 aliphatic carbocycles. The van der Waals surface area contributed by atoms with Crippen LogP contribution in [0.1, 0.15) is 4.88 Å². The molecule has 0 saturated heterocycles. The Balaban J connectivity index is 2.29. The highest BCUT2D eigenvalue weighted by molar-refractivity contribution is 7.89. The van der Waals surface area contributed by atoms with E-state index in [1.165, 1.54) is 41.0 Å². The Bertz CT molecular complexity index is 682. The predicted molar refractivity (Wildman–Crippen MR) is 80.4 cm³/mol. The van der Waals surface area contributed by atoms with Gasteiger partial charge in [-0.05, 0) is 23.6 Å². The number of hydrogen-bond donors (Lipinski definition) is 1. The normalized spacial score (nSPS) is 11.8. The maximum absolute atomic E-state index is 12.5. The van der Waals surface area contributed by atoms with Crippen LogP contribution in [0.2, 0.25) is 0 Å². The summed E-state index contributed by atoms with van der Waals surface area (Å²) < 4.78 is 31.3. The second-order valence-electron chi connectivity index (χ2n) is 4.24. The molecule has 0 radical (unpaired) electrons. The topological polar surface area (TPSA) is 72.6 Å². The van der Waals surface area contributed by atoms with Gasteiger partial charge in [-0.25, -0.2) is 8.42 Å². The molecule has 0 fully saturated rings. The molecule has 0 amide bonds. The van der Waals surface area contributed by atoms with Crippen LogP contribution in [0.15, 0.2) is 40.6 Å². The first-order valence-corrected chi connectivity index (χ1v) is 8.19. The lowest BCUT2D eigenvalue weighted by Gasteiger charge is -2.17. The van der Waals surface area contributed by atoms with Crippen LogP contribution in [0.25, 0.3) is 0 Å². The highest BCUT2D eigenvalue weighted by Crippen LogP contribution is 2.27. The third kappa shape index (κ3) is 2.95. The first kappa shape index (κ1) is 14.8. The van der Waals surface area contributed by atoms with Crippen molar-refractivity contribution in [1.82, 2.24) is 4.31 Å². The molecule has 0 spiro atoms. The summed E-state index contributed by atoms with van der Waals surface area (Å²) in [5.74, 6) is 0.357. The number of thiophene rings is 1. The fraction of sp³-hybridized carbons (Fsp3) is 0.231. The number of anilines is 1. The van der Waals surface area contributed by atoms with Crippen LogP contribution in [0.5, 0.6) is 5.75 Å². The molecule has 20 heavy (non-hydrogen) atoms. The molecule has 1 aromatic heterocycles. The summed E-state index contributed by atoms with van der Waals surface area (Å²) in [5, 5.41) is 1.92. The summed E-state index contributed by atoms with van der Waals surface area (Å²) in [4.78, 5) is 1.15. The van der Waals surface area contributed by atoms with Crippen LogP contribution in [0.3, 0.4) is 0 Å². The Labute approximate surface area is 122 Å². The Morgan fingerprint density at radius 2 is 2.10 bits per heavy atom. The second kappa shape index (κ2) is 5.82. The highest BCUT2D eigenvalue weighted by atomic mass is 32.2. The lowest BCUT2D eigenvalue weighted by atomic mass is 10.3. The Hall–Kier alpha value is -1.57. The zero-order valence-electron chi connectivity index (χ0n) is 11.2. The van der Waals surface area contributed by atoms with E-state index < -0.39 is 10.0 Å². The minimum atomic E-state index is -3.56. The number of sulfonamides is 1. The molecule has 2 rings (SSSR count). The van der Waals surface area contributed by atoms with Gasteiger partial charge in [0.2, 0.25) is 10.0 Å². The average molecular weight is 312 g/mol. The third-order valence-corrected chi connectivity index (χ3v) is 5.53. The molecule has 1 heterocycles. The van der Waals surface area contributed by atoms with Crippen molar-refractivity contribution < 1.29 is 13.2 Å². The Morgan fingerprint density at radius 3 is 2.70 bits per heavy atom. The zero-order valence-corrected chi connectivity index (χ0v) is 12.9. The summed E-state index contributed by atoms with van der Waals surface area (Å²) in [6, 6.07) is 8.26. The Morgan fingerprint density at radius 1 is 1.35 bits per heavy atom. The lowest BCUT2D eigenvalue weighted by Crippen LogP contribution is -2.26. The van der Waals surface area contributed by atoms with Crippen molar-refractivity contribution >= 4 is 27.0 Å². The number of nitrogens with two attached hydrogens (primary N) is 1. The first-order chi connectivity index (χ1) is 9.45. The van der Waals surface area contributed by atoms with Crippen LogP contribution in [-0.2, 0) is 16.6 Å². The minimum Gasteiger partial charge on any atom is -0.495 e. The predicted octanol–water partition coefficient (Wildman–Crippen LogP) is 2.16. The van der Waals surface area contributed by atoms with E-state index in [0.717, 1.165) is 4.88 Å². The van der Waals surface area contributed by atoms with E-state index in [4.69, 9.17) is 10.5 Å². The summed E-state index contributed by atoms with van der Waals surface area (Å²) in [6.45, 7) is 0.340. The van der Waals surface area contributed by atoms with Crippen LogP contribution >= 0.6 is 11.3 Å². The van der Waals surface area contributed by atoms with E-state index in [9.17, 15) is 8.42 Å². The number of methoxy groups -OCH3 is 1. The number of hydrogen-bond acceptors (Lipinski definition) is 5. The molecule has 7 heteroatoms. The van der Waals surface area contributed by atoms with Crippen molar-refractivity contribution in [3.8, 4) is 5.75 Å². The average Bonchev–Trinajstić information content (AvgIpc) is 2.91. The SMILES string of the molecule is COc1cc(S(=O)(=O)N(C)Cc2cccs2)ccc1N. The van der Waals surface area contributed by atoms with Crippen molar-refractivity contribution in [3.05, 3.63) is 40.6 Å². The minimum absolute atomic E-state index is 0.169. The molecule has 0 unspecified atom stereocenters. The Kier molecular flexibility index (Phi) is 4.32. The van der Waals surface area contributed by atoms with Gasteiger partial charge in [-0.2, -0.15) is 4.31 Å². The number of nitrogen functional groups attached to an aromatic ring is 1. The lowest BCUT2D eigenvalue weighted by molar-refractivity contribution is 0.415. The maximum atomic E-state index is 12.5. The molecule has 0 bridgehead atoms. The van der Waals surface area contributed by atoms with Crippen LogP contribution < -0.4 is 10.5 Å². The number of rotatable bonds is 5. The van der Waals surface area contributed by atoms with Gasteiger partial charge < -0.3 is 10.5 Å². The molecule has 0 atom stereocenters. The molecular weight excluding hydrogens is 296 g/mol. The largest absolute Gasteiger partial charge is 0.495 e. The zero-order chi connectivity index (χ0) is 14.8. The van der Waals surface area contributed by atoms with Gasteiger partial charge in [0.1, 0.15) is 5.75 Å². The molecule has 0 saturated carbocycles. The van der Waals surface area contributed by atoms with Gasteiger partial charge in [0, 0.05) is 24.5 Å². The van der Waals surface area contributed by atoms with Gasteiger partial charge in [0.05, 0.1) is 17.7 Å². The van der Waals surface area contributed by atoms with E-state index in [2.05, 4.69) is 0 Å². The molecular formula is C13H16N2O3S2. The van der Waals surface area contributed by atoms with Crippen molar-refractivity contribution in [2.75, 3.05) is 19.9 Å². The van der Waals surface area contributed by atoms with Crippen molar-refractivity contribution in [3.63, 3.8) is 0 Å². The molecule has 5 nitrogen and oxygen atoms in total. The quantitative estimate of drug-likeness (QED) is 0.859. The fourth-order valence-corrected chi connectivity index (χ4v) is 3.74.